The summed E-state index contributed by atoms with van der Waals surface area (Å²) in [5.74, 6) is -1.80. The second kappa shape index (κ2) is 5.90. The standard InChI is InChI=1S/C12H8BrClFNO2S/c13-10-7(12(17)18)2-3-8(11(10)15)16-5-6-1-4-9(14)19-6/h1-4,16H,5H2,(H,17,18). The van der Waals surface area contributed by atoms with Crippen LogP contribution in [-0.2, 0) is 6.54 Å². The molecule has 0 aliphatic carbocycles. The van der Waals surface area contributed by atoms with Gasteiger partial charge in [0.25, 0.3) is 0 Å². The Balaban J connectivity index is 2.17. The van der Waals surface area contributed by atoms with Crippen LogP contribution in [0.2, 0.25) is 4.34 Å². The van der Waals surface area contributed by atoms with Crippen molar-refractivity contribution >= 4 is 50.5 Å². The van der Waals surface area contributed by atoms with Crippen LogP contribution in [0.15, 0.2) is 28.7 Å². The Kier molecular flexibility index (Phi) is 4.44. The molecule has 0 aliphatic heterocycles. The van der Waals surface area contributed by atoms with Crippen molar-refractivity contribution in [3.05, 3.63) is 49.3 Å². The van der Waals surface area contributed by atoms with Gasteiger partial charge in [-0.1, -0.05) is 11.6 Å². The summed E-state index contributed by atoms with van der Waals surface area (Å²) in [6.45, 7) is 0.424. The Morgan fingerprint density at radius 2 is 2.16 bits per heavy atom. The number of hydrogen-bond acceptors (Lipinski definition) is 3. The third kappa shape index (κ3) is 3.26. The molecule has 0 spiro atoms. The highest BCUT2D eigenvalue weighted by atomic mass is 79.9. The second-order valence-corrected chi connectivity index (χ2v) is 6.25. The molecule has 0 atom stereocenters. The molecule has 1 aromatic carbocycles. The van der Waals surface area contributed by atoms with Gasteiger partial charge in [-0.05, 0) is 40.2 Å². The summed E-state index contributed by atoms with van der Waals surface area (Å²) in [5.41, 5.74) is 0.128. The number of halogens is 3. The predicted octanol–water partition coefficient (Wildman–Crippen LogP) is 4.61. The maximum Gasteiger partial charge on any atom is 0.336 e. The summed E-state index contributed by atoms with van der Waals surface area (Å²) in [7, 11) is 0. The zero-order chi connectivity index (χ0) is 14.0. The molecule has 0 fully saturated rings. The average Bonchev–Trinajstić information content (AvgIpc) is 2.76. The molecule has 0 saturated heterocycles. The lowest BCUT2D eigenvalue weighted by Gasteiger charge is -2.09. The molecule has 7 heteroatoms. The largest absolute Gasteiger partial charge is 0.478 e. The predicted molar refractivity (Wildman–Crippen MR) is 77.7 cm³/mol. The van der Waals surface area contributed by atoms with Crippen LogP contribution in [-0.4, -0.2) is 11.1 Å². The van der Waals surface area contributed by atoms with Crippen LogP contribution in [0, 0.1) is 5.82 Å². The summed E-state index contributed by atoms with van der Waals surface area (Å²) in [6.07, 6.45) is 0. The molecular weight excluding hydrogens is 357 g/mol. The second-order valence-electron chi connectivity index (χ2n) is 3.65. The molecule has 19 heavy (non-hydrogen) atoms. The fraction of sp³-hybridized carbons (Fsp3) is 0.0833. The lowest BCUT2D eigenvalue weighted by Crippen LogP contribution is -2.04. The minimum atomic E-state index is -1.18. The van der Waals surface area contributed by atoms with Gasteiger partial charge in [0, 0.05) is 11.4 Å². The van der Waals surface area contributed by atoms with Gasteiger partial charge in [-0.15, -0.1) is 11.3 Å². The van der Waals surface area contributed by atoms with Crippen LogP contribution in [0.4, 0.5) is 10.1 Å². The van der Waals surface area contributed by atoms with Gasteiger partial charge in [-0.25, -0.2) is 9.18 Å². The van der Waals surface area contributed by atoms with E-state index >= 15 is 0 Å². The monoisotopic (exact) mass is 363 g/mol. The fourth-order valence-corrected chi connectivity index (χ4v) is 3.02. The number of rotatable bonds is 4. The minimum Gasteiger partial charge on any atom is -0.478 e. The van der Waals surface area contributed by atoms with Crippen molar-refractivity contribution in [1.29, 1.82) is 0 Å². The molecule has 0 bridgehead atoms. The van der Waals surface area contributed by atoms with E-state index in [-0.39, 0.29) is 15.7 Å². The zero-order valence-electron chi connectivity index (χ0n) is 9.41. The van der Waals surface area contributed by atoms with E-state index in [2.05, 4.69) is 21.2 Å². The van der Waals surface area contributed by atoms with Crippen LogP contribution in [0.3, 0.4) is 0 Å². The SMILES string of the molecule is O=C(O)c1ccc(NCc2ccc(Cl)s2)c(F)c1Br. The Hall–Kier alpha value is -1.11. The van der Waals surface area contributed by atoms with Crippen molar-refractivity contribution in [2.45, 2.75) is 6.54 Å². The van der Waals surface area contributed by atoms with Gasteiger partial charge in [0.2, 0.25) is 0 Å². The molecule has 1 aromatic heterocycles. The lowest BCUT2D eigenvalue weighted by atomic mass is 10.2. The van der Waals surface area contributed by atoms with Gasteiger partial charge in [-0.3, -0.25) is 0 Å². The first-order chi connectivity index (χ1) is 8.99. The van der Waals surface area contributed by atoms with Crippen molar-refractivity contribution in [1.82, 2.24) is 0 Å². The number of carboxylic acids is 1. The summed E-state index contributed by atoms with van der Waals surface area (Å²) in [5, 5.41) is 11.8. The van der Waals surface area contributed by atoms with E-state index < -0.39 is 11.8 Å². The maximum absolute atomic E-state index is 13.9. The molecule has 0 radical (unpaired) electrons. The molecule has 3 nitrogen and oxygen atoms in total. The van der Waals surface area contributed by atoms with Gasteiger partial charge < -0.3 is 10.4 Å². The number of aromatic carboxylic acids is 1. The van der Waals surface area contributed by atoms with Gasteiger partial charge in [-0.2, -0.15) is 0 Å². The Labute approximate surface area is 126 Å². The van der Waals surface area contributed by atoms with Gasteiger partial charge in [0.15, 0.2) is 5.82 Å². The number of carbonyl (C=O) groups is 1. The molecule has 0 aliphatic rings. The van der Waals surface area contributed by atoms with E-state index in [1.165, 1.54) is 23.5 Å². The average molecular weight is 365 g/mol. The van der Waals surface area contributed by atoms with Gasteiger partial charge in [0.1, 0.15) is 0 Å². The zero-order valence-corrected chi connectivity index (χ0v) is 12.6. The molecule has 1 heterocycles. The fourth-order valence-electron chi connectivity index (χ4n) is 1.48. The highest BCUT2D eigenvalue weighted by molar-refractivity contribution is 9.10. The van der Waals surface area contributed by atoms with Gasteiger partial charge >= 0.3 is 5.97 Å². The van der Waals surface area contributed by atoms with E-state index in [1.807, 2.05) is 6.07 Å². The maximum atomic E-state index is 13.9. The molecule has 2 rings (SSSR count). The van der Waals surface area contributed by atoms with Crippen LogP contribution < -0.4 is 5.32 Å². The minimum absolute atomic E-state index is 0.0609. The number of thiophene rings is 1. The first-order valence-electron chi connectivity index (χ1n) is 5.18. The Morgan fingerprint density at radius 3 is 2.74 bits per heavy atom. The van der Waals surface area contributed by atoms with Crippen molar-refractivity contribution in [3.8, 4) is 0 Å². The third-order valence-electron chi connectivity index (χ3n) is 2.39. The summed E-state index contributed by atoms with van der Waals surface area (Å²) >= 11 is 10.1. The molecule has 0 amide bonds. The van der Waals surface area contributed by atoms with Crippen molar-refractivity contribution in [2.24, 2.45) is 0 Å². The number of benzene rings is 1. The lowest BCUT2D eigenvalue weighted by molar-refractivity contribution is 0.0695. The van der Waals surface area contributed by atoms with E-state index in [9.17, 15) is 9.18 Å². The van der Waals surface area contributed by atoms with Crippen molar-refractivity contribution in [2.75, 3.05) is 5.32 Å². The van der Waals surface area contributed by atoms with E-state index in [1.54, 1.807) is 6.07 Å². The normalized spacial score (nSPS) is 10.5. The first kappa shape index (κ1) is 14.3. The topological polar surface area (TPSA) is 49.3 Å². The summed E-state index contributed by atoms with van der Waals surface area (Å²) in [6, 6.07) is 6.36. The number of anilines is 1. The van der Waals surface area contributed by atoms with Crippen LogP contribution >= 0.6 is 38.9 Å². The molecule has 100 valence electrons. The highest BCUT2D eigenvalue weighted by Crippen LogP contribution is 2.28. The molecule has 2 aromatic rings. The summed E-state index contributed by atoms with van der Waals surface area (Å²) < 4.78 is 14.5. The quantitative estimate of drug-likeness (QED) is 0.832. The Morgan fingerprint density at radius 1 is 1.42 bits per heavy atom. The molecule has 2 N–H and O–H groups in total. The van der Waals surface area contributed by atoms with Crippen molar-refractivity contribution < 1.29 is 14.3 Å². The highest BCUT2D eigenvalue weighted by Gasteiger charge is 2.15. The number of carboxylic acid groups (broad SMARTS) is 1. The van der Waals surface area contributed by atoms with E-state index in [0.29, 0.717) is 10.9 Å². The smallest absolute Gasteiger partial charge is 0.336 e. The van der Waals surface area contributed by atoms with Crippen LogP contribution in [0.1, 0.15) is 15.2 Å². The molecule has 0 unspecified atom stereocenters. The van der Waals surface area contributed by atoms with Crippen LogP contribution in [0.25, 0.3) is 0 Å². The third-order valence-corrected chi connectivity index (χ3v) is 4.40. The van der Waals surface area contributed by atoms with E-state index in [4.69, 9.17) is 16.7 Å². The van der Waals surface area contributed by atoms with Gasteiger partial charge in [0.05, 0.1) is 20.1 Å². The summed E-state index contributed by atoms with van der Waals surface area (Å²) in [4.78, 5) is 11.8. The molecular formula is C12H8BrClFNO2S. The van der Waals surface area contributed by atoms with E-state index in [0.717, 1.165) is 4.88 Å². The van der Waals surface area contributed by atoms with Crippen molar-refractivity contribution in [3.63, 3.8) is 0 Å². The molecule has 0 saturated carbocycles. The number of hydrogen-bond donors (Lipinski definition) is 2. The Bertz CT molecular complexity index is 632. The number of nitrogens with one attached hydrogen (secondary N) is 1. The van der Waals surface area contributed by atoms with Crippen LogP contribution in [0.5, 0.6) is 0 Å². The first-order valence-corrected chi connectivity index (χ1v) is 7.17.